The average molecular weight is 387 g/mol. The largest absolute Gasteiger partial charge is 0.481 e. The van der Waals surface area contributed by atoms with Gasteiger partial charge in [0.05, 0.1) is 6.42 Å². The summed E-state index contributed by atoms with van der Waals surface area (Å²) in [5.74, 6) is 0.279. The summed E-state index contributed by atoms with van der Waals surface area (Å²) in [4.78, 5) is 28.9. The van der Waals surface area contributed by atoms with E-state index in [-0.39, 0.29) is 12.5 Å². The lowest BCUT2D eigenvalue weighted by atomic mass is 10.1. The monoisotopic (exact) mass is 387 g/mol. The van der Waals surface area contributed by atoms with E-state index in [1.54, 1.807) is 42.4 Å². The highest BCUT2D eigenvalue weighted by molar-refractivity contribution is 5.91. The van der Waals surface area contributed by atoms with Crippen LogP contribution in [0, 0.1) is 0 Å². The van der Waals surface area contributed by atoms with Gasteiger partial charge in [0, 0.05) is 31.9 Å². The first-order valence-electron chi connectivity index (χ1n) is 9.79. The number of furan rings is 1. The van der Waals surface area contributed by atoms with Crippen LogP contribution in [0.4, 0.5) is 10.5 Å². The van der Waals surface area contributed by atoms with Gasteiger partial charge in [-0.15, -0.1) is 0 Å². The number of hydrogen-bond donors (Lipinski definition) is 2. The maximum absolute atomic E-state index is 12.3. The van der Waals surface area contributed by atoms with E-state index in [0.29, 0.717) is 35.9 Å². The van der Waals surface area contributed by atoms with Crippen molar-refractivity contribution < 1.29 is 19.1 Å². The van der Waals surface area contributed by atoms with Crippen LogP contribution in [0.3, 0.4) is 0 Å². The summed E-state index contributed by atoms with van der Waals surface area (Å²) in [5, 5.41) is 11.7. The average Bonchev–Trinajstić information content (AvgIpc) is 3.17. The maximum atomic E-state index is 12.3. The van der Waals surface area contributed by atoms with E-state index >= 15 is 0 Å². The van der Waals surface area contributed by atoms with Gasteiger partial charge in [0.1, 0.15) is 11.5 Å². The van der Waals surface area contributed by atoms with Gasteiger partial charge in [0.25, 0.3) is 0 Å². The fraction of sp³-hybridized carbons (Fsp3) is 0.476. The molecular weight excluding hydrogens is 358 g/mol. The van der Waals surface area contributed by atoms with Gasteiger partial charge >= 0.3 is 12.0 Å². The van der Waals surface area contributed by atoms with Crippen LogP contribution in [-0.2, 0) is 11.2 Å². The van der Waals surface area contributed by atoms with Gasteiger partial charge in [-0.1, -0.05) is 32.6 Å². The molecule has 7 heteroatoms. The van der Waals surface area contributed by atoms with Gasteiger partial charge in [-0.25, -0.2) is 4.79 Å². The number of pyridine rings is 1. The molecule has 2 aromatic rings. The molecule has 0 unspecified atom stereocenters. The lowest BCUT2D eigenvalue weighted by Gasteiger charge is -2.18. The molecule has 0 saturated carbocycles. The molecule has 2 rings (SSSR count). The van der Waals surface area contributed by atoms with Crippen molar-refractivity contribution in [2.24, 2.45) is 0 Å². The van der Waals surface area contributed by atoms with Crippen LogP contribution in [0.1, 0.15) is 51.2 Å². The molecule has 2 amide bonds. The lowest BCUT2D eigenvalue weighted by Crippen LogP contribution is -2.37. The predicted molar refractivity (Wildman–Crippen MR) is 108 cm³/mol. The molecule has 0 spiro atoms. The topological polar surface area (TPSA) is 95.7 Å². The number of carbonyl (C=O) groups excluding carboxylic acids is 1. The Kier molecular flexibility index (Phi) is 8.52. The summed E-state index contributed by atoms with van der Waals surface area (Å²) < 4.78 is 5.68. The van der Waals surface area contributed by atoms with E-state index in [4.69, 9.17) is 9.52 Å². The number of aliphatic carboxylic acids is 1. The van der Waals surface area contributed by atoms with Crippen LogP contribution < -0.4 is 10.2 Å². The molecule has 152 valence electrons. The van der Waals surface area contributed by atoms with E-state index in [2.05, 4.69) is 17.2 Å². The van der Waals surface area contributed by atoms with E-state index in [1.807, 2.05) is 0 Å². The number of carbonyl (C=O) groups is 2. The molecule has 2 N–H and O–H groups in total. The number of aryl methyl sites for hydroxylation is 1. The zero-order valence-corrected chi connectivity index (χ0v) is 16.6. The SMILES string of the molecule is CCCCCCCNC(=O)N(C)c1ccnc(-c2ccc(CCC(=O)O)o2)c1. The van der Waals surface area contributed by atoms with Crippen molar-refractivity contribution in [3.05, 3.63) is 36.2 Å². The van der Waals surface area contributed by atoms with Crippen molar-refractivity contribution in [2.75, 3.05) is 18.5 Å². The number of rotatable bonds is 11. The Hall–Kier alpha value is -2.83. The third-order valence-corrected chi connectivity index (χ3v) is 4.49. The number of nitrogens with one attached hydrogen (secondary N) is 1. The highest BCUT2D eigenvalue weighted by atomic mass is 16.4. The van der Waals surface area contributed by atoms with Crippen LogP contribution in [0.25, 0.3) is 11.5 Å². The fourth-order valence-corrected chi connectivity index (χ4v) is 2.80. The summed E-state index contributed by atoms with van der Waals surface area (Å²) in [6.07, 6.45) is 7.71. The summed E-state index contributed by atoms with van der Waals surface area (Å²) >= 11 is 0. The molecule has 0 bridgehead atoms. The van der Waals surface area contributed by atoms with E-state index in [9.17, 15) is 9.59 Å². The summed E-state index contributed by atoms with van der Waals surface area (Å²) in [7, 11) is 1.71. The first kappa shape index (κ1) is 21.5. The number of aromatic nitrogens is 1. The third-order valence-electron chi connectivity index (χ3n) is 4.49. The van der Waals surface area contributed by atoms with Crippen LogP contribution in [-0.4, -0.2) is 35.7 Å². The second-order valence-electron chi connectivity index (χ2n) is 6.76. The quantitative estimate of drug-likeness (QED) is 0.554. The van der Waals surface area contributed by atoms with Gasteiger partial charge < -0.3 is 14.8 Å². The minimum atomic E-state index is -0.865. The first-order valence-corrected chi connectivity index (χ1v) is 9.79. The van der Waals surface area contributed by atoms with Crippen molar-refractivity contribution in [2.45, 2.75) is 51.9 Å². The zero-order valence-electron chi connectivity index (χ0n) is 16.6. The van der Waals surface area contributed by atoms with E-state index in [0.717, 1.165) is 12.8 Å². The van der Waals surface area contributed by atoms with Crippen molar-refractivity contribution >= 4 is 17.7 Å². The number of nitrogens with zero attached hydrogens (tertiary/aromatic N) is 2. The molecule has 2 heterocycles. The van der Waals surface area contributed by atoms with Gasteiger partial charge in [0.15, 0.2) is 5.76 Å². The third kappa shape index (κ3) is 6.72. The Balaban J connectivity index is 1.92. The standard InChI is InChI=1S/C21H29N3O4/c1-3-4-5-6-7-13-23-21(27)24(2)16-12-14-22-18(15-16)19-10-8-17(28-19)9-11-20(25)26/h8,10,12,14-15H,3-7,9,11,13H2,1-2H3,(H,23,27)(H,25,26). The highest BCUT2D eigenvalue weighted by Gasteiger charge is 2.13. The molecule has 2 aromatic heterocycles. The Morgan fingerprint density at radius 1 is 1.18 bits per heavy atom. The number of carboxylic acids is 1. The van der Waals surface area contributed by atoms with Crippen LogP contribution in [0.5, 0.6) is 0 Å². The van der Waals surface area contributed by atoms with Crippen LogP contribution >= 0.6 is 0 Å². The minimum Gasteiger partial charge on any atom is -0.481 e. The first-order chi connectivity index (χ1) is 13.5. The number of hydrogen-bond acceptors (Lipinski definition) is 4. The highest BCUT2D eigenvalue weighted by Crippen LogP contribution is 2.24. The number of unbranched alkanes of at least 4 members (excludes halogenated alkanes) is 4. The van der Waals surface area contributed by atoms with E-state index < -0.39 is 5.97 Å². The molecule has 0 aromatic carbocycles. The molecule has 0 fully saturated rings. The molecule has 0 radical (unpaired) electrons. The normalized spacial score (nSPS) is 10.6. The second-order valence-corrected chi connectivity index (χ2v) is 6.76. The van der Waals surface area contributed by atoms with Crippen molar-refractivity contribution in [1.29, 1.82) is 0 Å². The molecule has 0 aliphatic heterocycles. The number of anilines is 1. The zero-order chi connectivity index (χ0) is 20.4. The number of carboxylic acid groups (broad SMARTS) is 1. The Labute approximate surface area is 165 Å². The number of urea groups is 1. The minimum absolute atomic E-state index is 0.0156. The fourth-order valence-electron chi connectivity index (χ4n) is 2.80. The van der Waals surface area contributed by atoms with Crippen molar-refractivity contribution in [1.82, 2.24) is 10.3 Å². The Morgan fingerprint density at radius 3 is 2.71 bits per heavy atom. The van der Waals surface area contributed by atoms with Gasteiger partial charge in [0.2, 0.25) is 0 Å². The number of amides is 2. The van der Waals surface area contributed by atoms with Crippen LogP contribution in [0.15, 0.2) is 34.9 Å². The maximum Gasteiger partial charge on any atom is 0.321 e. The van der Waals surface area contributed by atoms with Gasteiger partial charge in [-0.2, -0.15) is 0 Å². The molecule has 28 heavy (non-hydrogen) atoms. The van der Waals surface area contributed by atoms with Crippen LogP contribution in [0.2, 0.25) is 0 Å². The Morgan fingerprint density at radius 2 is 1.96 bits per heavy atom. The summed E-state index contributed by atoms with van der Waals surface area (Å²) in [5.41, 5.74) is 1.30. The Bertz CT molecular complexity index is 773. The molecule has 0 aliphatic rings. The molecule has 0 aliphatic carbocycles. The van der Waals surface area contributed by atoms with Gasteiger partial charge in [-0.05, 0) is 30.7 Å². The predicted octanol–water partition coefficient (Wildman–Crippen LogP) is 4.48. The second kappa shape index (κ2) is 11.1. The molecule has 0 atom stereocenters. The lowest BCUT2D eigenvalue weighted by molar-refractivity contribution is -0.137. The molecule has 0 saturated heterocycles. The smallest absolute Gasteiger partial charge is 0.321 e. The molecule has 7 nitrogen and oxygen atoms in total. The van der Waals surface area contributed by atoms with Gasteiger partial charge in [-0.3, -0.25) is 14.7 Å². The van der Waals surface area contributed by atoms with Crippen molar-refractivity contribution in [3.63, 3.8) is 0 Å². The van der Waals surface area contributed by atoms with Crippen molar-refractivity contribution in [3.8, 4) is 11.5 Å². The summed E-state index contributed by atoms with van der Waals surface area (Å²) in [6, 6.07) is 6.90. The van der Waals surface area contributed by atoms with E-state index in [1.165, 1.54) is 19.3 Å². The summed E-state index contributed by atoms with van der Waals surface area (Å²) in [6.45, 7) is 2.84. The molecular formula is C21H29N3O4.